The lowest BCUT2D eigenvalue weighted by molar-refractivity contribution is -0.386. The average molecular weight is 348 g/mol. The van der Waals surface area contributed by atoms with E-state index in [1.54, 1.807) is 30.3 Å². The van der Waals surface area contributed by atoms with Crippen LogP contribution in [0.1, 0.15) is 11.1 Å². The Hall–Kier alpha value is -3.74. The Morgan fingerprint density at radius 2 is 1.46 bits per heavy atom. The van der Waals surface area contributed by atoms with Crippen molar-refractivity contribution in [3.8, 4) is 28.0 Å². The van der Waals surface area contributed by atoms with Gasteiger partial charge in [-0.05, 0) is 46.9 Å². The van der Waals surface area contributed by atoms with Crippen molar-refractivity contribution < 1.29 is 15.0 Å². The number of phenols is 1. The molecule has 0 spiro atoms. The van der Waals surface area contributed by atoms with Gasteiger partial charge < -0.3 is 5.11 Å². The minimum atomic E-state index is -0.509. The van der Waals surface area contributed by atoms with E-state index < -0.39 is 9.85 Å². The Kier molecular flexibility index (Phi) is 3.43. The van der Waals surface area contributed by atoms with Crippen molar-refractivity contribution in [3.63, 3.8) is 0 Å². The van der Waals surface area contributed by atoms with E-state index in [0.717, 1.165) is 11.1 Å². The molecular weight excluding hydrogens is 336 g/mol. The molecule has 7 heteroatoms. The summed E-state index contributed by atoms with van der Waals surface area (Å²) in [5, 5.41) is 32.5. The molecule has 0 unspecified atom stereocenters. The lowest BCUT2D eigenvalue weighted by atomic mass is 9.94. The van der Waals surface area contributed by atoms with Gasteiger partial charge in [-0.2, -0.15) is 0 Å². The van der Waals surface area contributed by atoms with Gasteiger partial charge in [0.15, 0.2) is 0 Å². The molecule has 0 atom stereocenters. The first-order valence-corrected chi connectivity index (χ1v) is 7.83. The molecule has 0 saturated heterocycles. The summed E-state index contributed by atoms with van der Waals surface area (Å²) in [5.41, 5.74) is 3.28. The van der Waals surface area contributed by atoms with Crippen LogP contribution in [0.4, 0.5) is 11.4 Å². The van der Waals surface area contributed by atoms with Crippen LogP contribution in [0, 0.1) is 20.2 Å². The maximum absolute atomic E-state index is 11.5. The van der Waals surface area contributed by atoms with Crippen LogP contribution in [0.5, 0.6) is 5.75 Å². The summed E-state index contributed by atoms with van der Waals surface area (Å²) in [6.07, 6.45) is 0.379. The first-order valence-electron chi connectivity index (χ1n) is 7.83. The molecule has 0 aromatic heterocycles. The van der Waals surface area contributed by atoms with Gasteiger partial charge in [0.1, 0.15) is 5.75 Å². The van der Waals surface area contributed by atoms with Crippen molar-refractivity contribution in [1.29, 1.82) is 0 Å². The van der Waals surface area contributed by atoms with E-state index in [2.05, 4.69) is 0 Å². The number of aromatic hydroxyl groups is 1. The summed E-state index contributed by atoms with van der Waals surface area (Å²) in [4.78, 5) is 22.0. The van der Waals surface area contributed by atoms with Crippen LogP contribution in [0.2, 0.25) is 0 Å². The lowest BCUT2D eigenvalue weighted by Gasteiger charge is -2.10. The molecule has 1 aliphatic carbocycles. The molecule has 0 radical (unpaired) electrons. The first-order chi connectivity index (χ1) is 12.5. The average Bonchev–Trinajstić information content (AvgIpc) is 3.01. The van der Waals surface area contributed by atoms with E-state index in [-0.39, 0.29) is 17.1 Å². The second-order valence-electron chi connectivity index (χ2n) is 6.03. The van der Waals surface area contributed by atoms with Gasteiger partial charge in [0, 0.05) is 12.1 Å². The number of fused-ring (bicyclic) bond motifs is 3. The number of nitro benzene ring substituents is 2. The summed E-state index contributed by atoms with van der Waals surface area (Å²) in [6.45, 7) is 0. The van der Waals surface area contributed by atoms with Crippen LogP contribution in [-0.4, -0.2) is 15.0 Å². The normalized spacial score (nSPS) is 11.7. The Balaban J connectivity index is 2.04. The lowest BCUT2D eigenvalue weighted by Crippen LogP contribution is -1.97. The topological polar surface area (TPSA) is 107 Å². The fraction of sp³-hybridized carbons (Fsp3) is 0.0526. The van der Waals surface area contributed by atoms with Gasteiger partial charge >= 0.3 is 0 Å². The van der Waals surface area contributed by atoms with Crippen LogP contribution < -0.4 is 0 Å². The first kappa shape index (κ1) is 15.8. The molecule has 3 aromatic rings. The highest BCUT2D eigenvalue weighted by atomic mass is 16.6. The molecule has 3 aromatic carbocycles. The second kappa shape index (κ2) is 5.66. The quantitative estimate of drug-likeness (QED) is 0.435. The Morgan fingerprint density at radius 1 is 0.808 bits per heavy atom. The van der Waals surface area contributed by atoms with Gasteiger partial charge in [0.25, 0.3) is 11.4 Å². The molecule has 0 saturated carbocycles. The molecule has 0 heterocycles. The van der Waals surface area contributed by atoms with Gasteiger partial charge in [-0.1, -0.05) is 24.3 Å². The van der Waals surface area contributed by atoms with Crippen LogP contribution in [0.15, 0.2) is 54.6 Å². The number of benzene rings is 3. The van der Waals surface area contributed by atoms with Gasteiger partial charge in [-0.15, -0.1) is 0 Å². The molecule has 1 aliphatic rings. The molecule has 4 rings (SSSR count). The molecule has 128 valence electrons. The van der Waals surface area contributed by atoms with Gasteiger partial charge in [-0.3, -0.25) is 20.2 Å². The highest BCUT2D eigenvalue weighted by Crippen LogP contribution is 2.49. The van der Waals surface area contributed by atoms with Gasteiger partial charge in [-0.25, -0.2) is 0 Å². The third-order valence-electron chi connectivity index (χ3n) is 4.61. The predicted molar refractivity (Wildman–Crippen MR) is 95.1 cm³/mol. The Morgan fingerprint density at radius 3 is 2.12 bits per heavy atom. The van der Waals surface area contributed by atoms with Crippen LogP contribution in [-0.2, 0) is 6.42 Å². The zero-order valence-electron chi connectivity index (χ0n) is 13.4. The number of nitro groups is 2. The second-order valence-corrected chi connectivity index (χ2v) is 6.03. The largest absolute Gasteiger partial charge is 0.508 e. The molecule has 1 N–H and O–H groups in total. The minimum absolute atomic E-state index is 0.117. The summed E-state index contributed by atoms with van der Waals surface area (Å²) < 4.78 is 0. The third kappa shape index (κ3) is 2.29. The van der Waals surface area contributed by atoms with Crippen molar-refractivity contribution in [2.24, 2.45) is 0 Å². The Labute approximate surface area is 147 Å². The van der Waals surface area contributed by atoms with Gasteiger partial charge in [0.05, 0.1) is 21.0 Å². The zero-order chi connectivity index (χ0) is 18.4. The molecule has 0 amide bonds. The van der Waals surface area contributed by atoms with E-state index >= 15 is 0 Å². The summed E-state index contributed by atoms with van der Waals surface area (Å²) in [6, 6.07) is 14.3. The summed E-state index contributed by atoms with van der Waals surface area (Å²) in [5.74, 6) is 0.117. The van der Waals surface area contributed by atoms with E-state index in [1.807, 2.05) is 0 Å². The van der Waals surface area contributed by atoms with E-state index in [9.17, 15) is 25.3 Å². The standard InChI is InChI=1S/C19H12N2O5/c22-13-6-4-11(5-7-13)14-8-9-17(21(25)26)19-15(14)10-12-2-1-3-16(18(12)19)20(23)24/h1-9,22H,10H2. The van der Waals surface area contributed by atoms with Crippen molar-refractivity contribution >= 4 is 11.4 Å². The third-order valence-corrected chi connectivity index (χ3v) is 4.61. The van der Waals surface area contributed by atoms with E-state index in [4.69, 9.17) is 0 Å². The number of hydrogen-bond acceptors (Lipinski definition) is 5. The van der Waals surface area contributed by atoms with Crippen LogP contribution >= 0.6 is 0 Å². The maximum atomic E-state index is 11.5. The van der Waals surface area contributed by atoms with Crippen LogP contribution in [0.3, 0.4) is 0 Å². The molecule has 26 heavy (non-hydrogen) atoms. The monoisotopic (exact) mass is 348 g/mol. The summed E-state index contributed by atoms with van der Waals surface area (Å²) >= 11 is 0. The fourth-order valence-corrected chi connectivity index (χ4v) is 3.53. The summed E-state index contributed by atoms with van der Waals surface area (Å²) in [7, 11) is 0. The molecule has 0 fully saturated rings. The fourth-order valence-electron chi connectivity index (χ4n) is 3.53. The molecular formula is C19H12N2O5. The zero-order valence-corrected chi connectivity index (χ0v) is 13.4. The van der Waals surface area contributed by atoms with Crippen molar-refractivity contribution in [1.82, 2.24) is 0 Å². The number of hydrogen-bond donors (Lipinski definition) is 1. The van der Waals surface area contributed by atoms with Crippen LogP contribution in [0.25, 0.3) is 22.3 Å². The highest BCUT2D eigenvalue weighted by molar-refractivity contribution is 5.94. The molecule has 7 nitrogen and oxygen atoms in total. The Bertz CT molecular complexity index is 1070. The number of phenolic OH excluding ortho intramolecular Hbond substituents is 1. The predicted octanol–water partition coefficient (Wildman–Crippen LogP) is 4.45. The molecule has 0 bridgehead atoms. The smallest absolute Gasteiger partial charge is 0.277 e. The van der Waals surface area contributed by atoms with Crippen molar-refractivity contribution in [2.45, 2.75) is 6.42 Å². The minimum Gasteiger partial charge on any atom is -0.508 e. The van der Waals surface area contributed by atoms with Crippen molar-refractivity contribution in [3.05, 3.63) is 86.0 Å². The number of nitrogens with zero attached hydrogens (tertiary/aromatic N) is 2. The van der Waals surface area contributed by atoms with E-state index in [0.29, 0.717) is 28.7 Å². The highest BCUT2D eigenvalue weighted by Gasteiger charge is 2.34. The SMILES string of the molecule is O=[N+]([O-])c1cccc2c1-c1c([N+](=O)[O-])ccc(-c3ccc(O)cc3)c1C2. The maximum Gasteiger partial charge on any atom is 0.277 e. The van der Waals surface area contributed by atoms with E-state index in [1.165, 1.54) is 24.3 Å². The number of rotatable bonds is 3. The molecule has 0 aliphatic heterocycles. The van der Waals surface area contributed by atoms with Crippen molar-refractivity contribution in [2.75, 3.05) is 0 Å². The van der Waals surface area contributed by atoms with Gasteiger partial charge in [0.2, 0.25) is 0 Å².